The highest BCUT2D eigenvalue weighted by molar-refractivity contribution is 6.33. The molecular weight excluding hydrogens is 318 g/mol. The maximum atomic E-state index is 12.4. The summed E-state index contributed by atoms with van der Waals surface area (Å²) in [5.41, 5.74) is 1.33. The van der Waals surface area contributed by atoms with Crippen LogP contribution in [0.25, 0.3) is 0 Å². The molecule has 0 saturated carbocycles. The van der Waals surface area contributed by atoms with Gasteiger partial charge in [0.15, 0.2) is 6.10 Å². The normalized spacial score (nSPS) is 11.6. The Morgan fingerprint density at radius 3 is 2.39 bits per heavy atom. The molecule has 2 aromatic rings. The molecular formula is C17H16ClNO4. The number of anilines is 1. The minimum atomic E-state index is -0.783. The average molecular weight is 334 g/mol. The third kappa shape index (κ3) is 4.09. The Bertz CT molecular complexity index is 703. The van der Waals surface area contributed by atoms with E-state index in [1.165, 1.54) is 32.4 Å². The van der Waals surface area contributed by atoms with Gasteiger partial charge in [0, 0.05) is 7.11 Å². The van der Waals surface area contributed by atoms with Gasteiger partial charge in [-0.05, 0) is 23.8 Å². The van der Waals surface area contributed by atoms with Crippen LogP contribution in [0.3, 0.4) is 0 Å². The van der Waals surface area contributed by atoms with Crippen LogP contribution in [-0.4, -0.2) is 26.1 Å². The number of carbonyl (C=O) groups excluding carboxylic acids is 2. The predicted molar refractivity (Wildman–Crippen MR) is 87.6 cm³/mol. The number of esters is 1. The summed E-state index contributed by atoms with van der Waals surface area (Å²) in [6.07, 6.45) is -0.783. The molecule has 6 heteroatoms. The van der Waals surface area contributed by atoms with Crippen molar-refractivity contribution in [3.8, 4) is 0 Å². The lowest BCUT2D eigenvalue weighted by Crippen LogP contribution is -2.23. The number of hydrogen-bond donors (Lipinski definition) is 1. The average Bonchev–Trinajstić information content (AvgIpc) is 2.57. The molecule has 120 valence electrons. The molecule has 0 spiro atoms. The Kier molecular flexibility index (Phi) is 5.73. The third-order valence-electron chi connectivity index (χ3n) is 3.22. The molecule has 2 rings (SSSR count). The van der Waals surface area contributed by atoms with Gasteiger partial charge in [-0.15, -0.1) is 0 Å². The lowest BCUT2D eigenvalue weighted by Gasteiger charge is -2.16. The van der Waals surface area contributed by atoms with Crippen molar-refractivity contribution in [1.82, 2.24) is 0 Å². The number of hydrogen-bond acceptors (Lipinski definition) is 4. The zero-order valence-electron chi connectivity index (χ0n) is 12.7. The number of carbonyl (C=O) groups is 2. The van der Waals surface area contributed by atoms with Crippen molar-refractivity contribution in [1.29, 1.82) is 0 Å². The highest BCUT2D eigenvalue weighted by Crippen LogP contribution is 2.26. The summed E-state index contributed by atoms with van der Waals surface area (Å²) in [7, 11) is 2.73. The molecule has 0 aliphatic carbocycles. The maximum Gasteiger partial charge on any atom is 0.337 e. The van der Waals surface area contributed by atoms with Gasteiger partial charge in [0.2, 0.25) is 0 Å². The van der Waals surface area contributed by atoms with E-state index in [0.717, 1.165) is 0 Å². The van der Waals surface area contributed by atoms with E-state index in [1.807, 2.05) is 18.2 Å². The molecule has 0 aliphatic rings. The molecule has 0 radical (unpaired) electrons. The second-order valence-electron chi connectivity index (χ2n) is 4.70. The van der Waals surface area contributed by atoms with Crippen LogP contribution in [0.5, 0.6) is 0 Å². The van der Waals surface area contributed by atoms with E-state index >= 15 is 0 Å². The molecule has 2 aromatic carbocycles. The SMILES string of the molecule is COC(=O)c1ccc(Cl)c(NC(=O)[C@H](OC)c2ccccc2)c1. The van der Waals surface area contributed by atoms with Gasteiger partial charge in [-0.25, -0.2) is 4.79 Å². The van der Waals surface area contributed by atoms with Gasteiger partial charge in [0.05, 0.1) is 23.4 Å². The van der Waals surface area contributed by atoms with Crippen LogP contribution in [0.4, 0.5) is 5.69 Å². The van der Waals surface area contributed by atoms with Gasteiger partial charge in [-0.3, -0.25) is 4.79 Å². The molecule has 0 saturated heterocycles. The van der Waals surface area contributed by atoms with E-state index in [4.69, 9.17) is 16.3 Å². The number of benzene rings is 2. The summed E-state index contributed by atoms with van der Waals surface area (Å²) < 4.78 is 9.92. The molecule has 0 heterocycles. The van der Waals surface area contributed by atoms with Crippen LogP contribution in [-0.2, 0) is 14.3 Å². The van der Waals surface area contributed by atoms with Crippen molar-refractivity contribution in [2.75, 3.05) is 19.5 Å². The Labute approximate surface area is 139 Å². The number of ether oxygens (including phenoxy) is 2. The van der Waals surface area contributed by atoms with Gasteiger partial charge >= 0.3 is 5.97 Å². The Morgan fingerprint density at radius 2 is 1.78 bits per heavy atom. The van der Waals surface area contributed by atoms with Gasteiger partial charge in [-0.1, -0.05) is 41.9 Å². The van der Waals surface area contributed by atoms with Crippen LogP contribution in [0, 0.1) is 0 Å². The molecule has 1 N–H and O–H groups in total. The minimum Gasteiger partial charge on any atom is -0.465 e. The summed E-state index contributed by atoms with van der Waals surface area (Å²) in [6.45, 7) is 0. The van der Waals surface area contributed by atoms with E-state index in [2.05, 4.69) is 10.1 Å². The molecule has 5 nitrogen and oxygen atoms in total. The topological polar surface area (TPSA) is 64.6 Å². The standard InChI is InChI=1S/C17H16ClNO4/c1-22-15(11-6-4-3-5-7-11)16(20)19-14-10-12(17(21)23-2)8-9-13(14)18/h3-10,15H,1-2H3,(H,19,20)/t15-/m1/s1. The van der Waals surface area contributed by atoms with Crippen LogP contribution in [0.15, 0.2) is 48.5 Å². The fraction of sp³-hybridized carbons (Fsp3) is 0.176. The predicted octanol–water partition coefficient (Wildman–Crippen LogP) is 3.45. The maximum absolute atomic E-state index is 12.4. The number of nitrogens with one attached hydrogen (secondary N) is 1. The quantitative estimate of drug-likeness (QED) is 0.851. The molecule has 0 fully saturated rings. The summed E-state index contributed by atoms with van der Waals surface area (Å²) in [5.74, 6) is -0.897. The largest absolute Gasteiger partial charge is 0.465 e. The molecule has 0 aliphatic heterocycles. The van der Waals surface area contributed by atoms with Gasteiger partial charge in [0.1, 0.15) is 0 Å². The van der Waals surface area contributed by atoms with Crippen molar-refractivity contribution < 1.29 is 19.1 Å². The van der Waals surface area contributed by atoms with Gasteiger partial charge in [-0.2, -0.15) is 0 Å². The van der Waals surface area contributed by atoms with Crippen LogP contribution in [0.1, 0.15) is 22.0 Å². The zero-order chi connectivity index (χ0) is 16.8. The van der Waals surface area contributed by atoms with Gasteiger partial charge < -0.3 is 14.8 Å². The third-order valence-corrected chi connectivity index (χ3v) is 3.55. The molecule has 0 aromatic heterocycles. The summed E-state index contributed by atoms with van der Waals surface area (Å²) in [4.78, 5) is 24.0. The number of methoxy groups -OCH3 is 2. The lowest BCUT2D eigenvalue weighted by atomic mass is 10.1. The first-order valence-corrected chi connectivity index (χ1v) is 7.21. The summed E-state index contributed by atoms with van der Waals surface area (Å²) in [6, 6.07) is 13.6. The smallest absolute Gasteiger partial charge is 0.337 e. The Hall–Kier alpha value is -2.37. The Morgan fingerprint density at radius 1 is 1.09 bits per heavy atom. The van der Waals surface area contributed by atoms with E-state index < -0.39 is 12.1 Å². The second kappa shape index (κ2) is 7.76. The van der Waals surface area contributed by atoms with Crippen molar-refractivity contribution in [3.63, 3.8) is 0 Å². The van der Waals surface area contributed by atoms with Crippen LogP contribution in [0.2, 0.25) is 5.02 Å². The highest BCUT2D eigenvalue weighted by atomic mass is 35.5. The molecule has 0 unspecified atom stereocenters. The monoisotopic (exact) mass is 333 g/mol. The zero-order valence-corrected chi connectivity index (χ0v) is 13.5. The first kappa shape index (κ1) is 17.0. The van der Waals surface area contributed by atoms with E-state index in [9.17, 15) is 9.59 Å². The van der Waals surface area contributed by atoms with Crippen molar-refractivity contribution >= 4 is 29.2 Å². The molecule has 0 bridgehead atoms. The first-order chi connectivity index (χ1) is 11.1. The number of amides is 1. The van der Waals surface area contributed by atoms with Crippen molar-refractivity contribution in [3.05, 3.63) is 64.7 Å². The van der Waals surface area contributed by atoms with Crippen molar-refractivity contribution in [2.24, 2.45) is 0 Å². The van der Waals surface area contributed by atoms with Crippen molar-refractivity contribution in [2.45, 2.75) is 6.10 Å². The fourth-order valence-corrected chi connectivity index (χ4v) is 2.25. The molecule has 23 heavy (non-hydrogen) atoms. The van der Waals surface area contributed by atoms with E-state index in [0.29, 0.717) is 21.8 Å². The lowest BCUT2D eigenvalue weighted by molar-refractivity contribution is -0.126. The molecule has 1 atom stereocenters. The van der Waals surface area contributed by atoms with E-state index in [1.54, 1.807) is 12.1 Å². The van der Waals surface area contributed by atoms with Crippen LogP contribution < -0.4 is 5.32 Å². The highest BCUT2D eigenvalue weighted by Gasteiger charge is 2.21. The second-order valence-corrected chi connectivity index (χ2v) is 5.11. The fourth-order valence-electron chi connectivity index (χ4n) is 2.09. The minimum absolute atomic E-state index is 0.292. The number of halogens is 1. The van der Waals surface area contributed by atoms with Crippen LogP contribution >= 0.6 is 11.6 Å². The summed E-state index contributed by atoms with van der Waals surface area (Å²) >= 11 is 6.07. The first-order valence-electron chi connectivity index (χ1n) is 6.83. The summed E-state index contributed by atoms with van der Waals surface area (Å²) in [5, 5.41) is 2.99. The Balaban J connectivity index is 2.23. The number of rotatable bonds is 5. The van der Waals surface area contributed by atoms with E-state index in [-0.39, 0.29) is 5.91 Å². The molecule has 1 amide bonds. The van der Waals surface area contributed by atoms with Gasteiger partial charge in [0.25, 0.3) is 5.91 Å².